The molecule has 2 aliphatic rings. The lowest BCUT2D eigenvalue weighted by atomic mass is 9.78. The van der Waals surface area contributed by atoms with Gasteiger partial charge in [0.1, 0.15) is 18.2 Å². The highest BCUT2D eigenvalue weighted by Gasteiger charge is 2.36. The second kappa shape index (κ2) is 11.7. The number of pyridine rings is 1. The van der Waals surface area contributed by atoms with E-state index in [1.54, 1.807) is 0 Å². The number of hydrogen-bond acceptors (Lipinski definition) is 5. The van der Waals surface area contributed by atoms with Crippen molar-refractivity contribution in [3.8, 4) is 5.75 Å². The fourth-order valence-corrected chi connectivity index (χ4v) is 6.26. The summed E-state index contributed by atoms with van der Waals surface area (Å²) in [5.41, 5.74) is 5.50. The molecule has 1 N–H and O–H groups in total. The van der Waals surface area contributed by atoms with E-state index in [1.807, 2.05) is 66.6 Å². The van der Waals surface area contributed by atoms with E-state index < -0.39 is 17.8 Å². The van der Waals surface area contributed by atoms with Gasteiger partial charge in [-0.15, -0.1) is 0 Å². The SMILES string of the molecule is Cc1ccc(COc2ccc3nc(C4CCCC[C@H]4C(=O)O)n(Cc4cccc(N5CCC(F)(F)CC5)c4)c3c2)nc1. The number of carboxylic acids is 1. The van der Waals surface area contributed by atoms with E-state index >= 15 is 0 Å². The minimum Gasteiger partial charge on any atom is -0.487 e. The number of carbonyl (C=O) groups is 1. The maximum absolute atomic E-state index is 13.8. The van der Waals surface area contributed by atoms with Gasteiger partial charge in [0.25, 0.3) is 5.92 Å². The van der Waals surface area contributed by atoms with Crippen LogP contribution in [0.15, 0.2) is 60.8 Å². The third-order valence-electron chi connectivity index (χ3n) is 8.63. The molecule has 2 aromatic heterocycles. The molecule has 1 aliphatic carbocycles. The van der Waals surface area contributed by atoms with E-state index in [0.29, 0.717) is 38.4 Å². The van der Waals surface area contributed by atoms with Crippen LogP contribution in [0.5, 0.6) is 5.75 Å². The summed E-state index contributed by atoms with van der Waals surface area (Å²) in [5, 5.41) is 10.1. The zero-order valence-electron chi connectivity index (χ0n) is 23.8. The number of aryl methyl sites for hydroxylation is 1. The summed E-state index contributed by atoms with van der Waals surface area (Å²) in [6.07, 6.45) is 4.79. The molecule has 6 rings (SSSR count). The van der Waals surface area contributed by atoms with Crippen molar-refractivity contribution >= 4 is 22.7 Å². The van der Waals surface area contributed by atoms with E-state index in [0.717, 1.165) is 58.6 Å². The van der Waals surface area contributed by atoms with Gasteiger partial charge in [0.05, 0.1) is 22.6 Å². The van der Waals surface area contributed by atoms with Gasteiger partial charge < -0.3 is 19.3 Å². The number of anilines is 1. The summed E-state index contributed by atoms with van der Waals surface area (Å²) in [6.45, 7) is 3.43. The highest BCUT2D eigenvalue weighted by molar-refractivity contribution is 5.79. The molecular formula is C33H36F2N4O3. The maximum atomic E-state index is 13.8. The molecule has 2 aromatic carbocycles. The number of nitrogens with zero attached hydrogens (tertiary/aromatic N) is 4. The Morgan fingerprint density at radius 3 is 2.64 bits per heavy atom. The van der Waals surface area contributed by atoms with Crippen molar-refractivity contribution in [1.29, 1.82) is 0 Å². The lowest BCUT2D eigenvalue weighted by Crippen LogP contribution is -2.39. The molecule has 4 aromatic rings. The Kier molecular flexibility index (Phi) is 7.84. The molecule has 0 amide bonds. The predicted molar refractivity (Wildman–Crippen MR) is 157 cm³/mol. The first-order chi connectivity index (χ1) is 20.3. The van der Waals surface area contributed by atoms with Crippen molar-refractivity contribution in [2.75, 3.05) is 18.0 Å². The lowest BCUT2D eigenvalue weighted by Gasteiger charge is -2.33. The van der Waals surface area contributed by atoms with Crippen molar-refractivity contribution in [2.45, 2.75) is 70.4 Å². The van der Waals surface area contributed by atoms with Gasteiger partial charge in [-0.2, -0.15) is 0 Å². The van der Waals surface area contributed by atoms with Crippen molar-refractivity contribution in [3.05, 3.63) is 83.4 Å². The van der Waals surface area contributed by atoms with Gasteiger partial charge >= 0.3 is 5.97 Å². The highest BCUT2D eigenvalue weighted by atomic mass is 19.3. The van der Waals surface area contributed by atoms with Crippen molar-refractivity contribution in [2.24, 2.45) is 5.92 Å². The molecule has 1 aliphatic heterocycles. The van der Waals surface area contributed by atoms with E-state index in [9.17, 15) is 18.7 Å². The third kappa shape index (κ3) is 6.10. The lowest BCUT2D eigenvalue weighted by molar-refractivity contribution is -0.143. The maximum Gasteiger partial charge on any atom is 0.307 e. The Hall–Kier alpha value is -4.01. The van der Waals surface area contributed by atoms with Crippen LogP contribution in [0.4, 0.5) is 14.5 Å². The van der Waals surface area contributed by atoms with Gasteiger partial charge in [-0.25, -0.2) is 13.8 Å². The van der Waals surface area contributed by atoms with Gasteiger partial charge in [-0.1, -0.05) is 31.0 Å². The number of fused-ring (bicyclic) bond motifs is 1. The standard InChI is InChI=1S/C33H36F2N4O3/c1-22-9-10-24(36-19-22)21-42-26-11-12-29-30(18-26)39(31(37-29)27-7-2-3-8-28(27)32(40)41)20-23-5-4-6-25(17-23)38-15-13-33(34,35)14-16-38/h4-6,9-12,17-19,27-28H,2-3,7-8,13-16,20-21H2,1H3,(H,40,41)/t27?,28-/m1/s1. The predicted octanol–water partition coefficient (Wildman–Crippen LogP) is 6.96. The first kappa shape index (κ1) is 28.1. The molecule has 0 bridgehead atoms. The van der Waals surface area contributed by atoms with Crippen LogP contribution in [0, 0.1) is 12.8 Å². The monoisotopic (exact) mass is 574 g/mol. The fourth-order valence-electron chi connectivity index (χ4n) is 6.26. The molecule has 1 unspecified atom stereocenters. The van der Waals surface area contributed by atoms with Crippen LogP contribution in [0.2, 0.25) is 0 Å². The van der Waals surface area contributed by atoms with Crippen LogP contribution in [0.3, 0.4) is 0 Å². The number of piperidine rings is 1. The normalized spacial score (nSPS) is 20.5. The summed E-state index contributed by atoms with van der Waals surface area (Å²) in [5.74, 6) is -2.61. The van der Waals surface area contributed by atoms with Crippen molar-refractivity contribution in [1.82, 2.24) is 14.5 Å². The van der Waals surface area contributed by atoms with Crippen LogP contribution in [0.25, 0.3) is 11.0 Å². The second-order valence-electron chi connectivity index (χ2n) is 11.7. The zero-order valence-corrected chi connectivity index (χ0v) is 23.8. The quantitative estimate of drug-likeness (QED) is 0.245. The van der Waals surface area contributed by atoms with Crippen LogP contribution in [0.1, 0.15) is 67.1 Å². The smallest absolute Gasteiger partial charge is 0.307 e. The molecule has 9 heteroatoms. The van der Waals surface area contributed by atoms with Crippen LogP contribution >= 0.6 is 0 Å². The number of rotatable bonds is 8. The first-order valence-electron chi connectivity index (χ1n) is 14.7. The first-order valence-corrected chi connectivity index (χ1v) is 14.7. The molecule has 2 atom stereocenters. The van der Waals surface area contributed by atoms with Crippen molar-refractivity contribution < 1.29 is 23.4 Å². The number of ether oxygens (including phenoxy) is 1. The number of carboxylic acid groups (broad SMARTS) is 1. The van der Waals surface area contributed by atoms with Gasteiger partial charge in [-0.05, 0) is 61.2 Å². The number of aromatic nitrogens is 3. The summed E-state index contributed by atoms with van der Waals surface area (Å²) in [7, 11) is 0. The van der Waals surface area contributed by atoms with E-state index in [4.69, 9.17) is 9.72 Å². The number of alkyl halides is 2. The molecular weight excluding hydrogens is 538 g/mol. The van der Waals surface area contributed by atoms with E-state index in [2.05, 4.69) is 15.6 Å². The molecule has 0 radical (unpaired) electrons. The van der Waals surface area contributed by atoms with Gasteiger partial charge in [0.15, 0.2) is 0 Å². The van der Waals surface area contributed by atoms with E-state index in [-0.39, 0.29) is 18.8 Å². The Bertz CT molecular complexity index is 1560. The number of halogens is 2. The summed E-state index contributed by atoms with van der Waals surface area (Å²) < 4.78 is 35.8. The topological polar surface area (TPSA) is 80.5 Å². The molecule has 1 saturated heterocycles. The van der Waals surface area contributed by atoms with Crippen LogP contribution in [-0.2, 0) is 17.9 Å². The van der Waals surface area contributed by atoms with Crippen molar-refractivity contribution in [3.63, 3.8) is 0 Å². The van der Waals surface area contributed by atoms with Gasteiger partial charge in [-0.3, -0.25) is 9.78 Å². The number of hydrogen-bond donors (Lipinski definition) is 1. The minimum atomic E-state index is -2.60. The number of imidazole rings is 1. The molecule has 220 valence electrons. The number of aliphatic carboxylic acids is 1. The summed E-state index contributed by atoms with van der Waals surface area (Å²) >= 11 is 0. The average Bonchev–Trinajstić information content (AvgIpc) is 3.34. The van der Waals surface area contributed by atoms with Gasteiger partial charge in [0, 0.05) is 56.3 Å². The summed E-state index contributed by atoms with van der Waals surface area (Å²) in [6, 6.07) is 17.7. The molecule has 0 spiro atoms. The molecule has 7 nitrogen and oxygen atoms in total. The van der Waals surface area contributed by atoms with Crippen LogP contribution < -0.4 is 9.64 Å². The fraction of sp³-hybridized carbons (Fsp3) is 0.424. The zero-order chi connectivity index (χ0) is 29.3. The molecule has 3 heterocycles. The third-order valence-corrected chi connectivity index (χ3v) is 8.63. The molecule has 42 heavy (non-hydrogen) atoms. The Balaban J connectivity index is 1.34. The average molecular weight is 575 g/mol. The van der Waals surface area contributed by atoms with Crippen LogP contribution in [-0.4, -0.2) is 44.6 Å². The Morgan fingerprint density at radius 1 is 1.07 bits per heavy atom. The second-order valence-corrected chi connectivity index (χ2v) is 11.7. The van der Waals surface area contributed by atoms with E-state index in [1.165, 1.54) is 0 Å². The molecule has 1 saturated carbocycles. The highest BCUT2D eigenvalue weighted by Crippen LogP contribution is 2.40. The largest absolute Gasteiger partial charge is 0.487 e. The van der Waals surface area contributed by atoms with Gasteiger partial charge in [0.2, 0.25) is 0 Å². The summed E-state index contributed by atoms with van der Waals surface area (Å²) in [4.78, 5) is 23.7. The Labute approximate surface area is 244 Å². The molecule has 2 fully saturated rings. The number of benzene rings is 2. The minimum absolute atomic E-state index is 0.146. The Morgan fingerprint density at radius 2 is 1.88 bits per heavy atom.